The minimum Gasteiger partial charge on any atom is -0.392 e. The van der Waals surface area contributed by atoms with Gasteiger partial charge in [0.05, 0.1) is 19.3 Å². The summed E-state index contributed by atoms with van der Waals surface area (Å²) in [5.74, 6) is 0.834. The Balaban J connectivity index is 0.00000176. The van der Waals surface area contributed by atoms with Gasteiger partial charge in [-0.25, -0.2) is 0 Å². The topological polar surface area (TPSA) is 80.3 Å². The molecule has 0 aromatic carbocycles. The molecule has 2 atom stereocenters. The Morgan fingerprint density at radius 2 is 1.77 bits per heavy atom. The molecule has 3 N–H and O–H groups in total. The zero-order valence-electron chi connectivity index (χ0n) is 13.1. The van der Waals surface area contributed by atoms with E-state index in [1.165, 1.54) is 0 Å². The number of halogens is 1. The lowest BCUT2D eigenvalue weighted by Crippen LogP contribution is -2.45. The second kappa shape index (κ2) is 8.12. The van der Waals surface area contributed by atoms with E-state index in [9.17, 15) is 5.11 Å². The molecule has 22 heavy (non-hydrogen) atoms. The Morgan fingerprint density at radius 3 is 2.45 bits per heavy atom. The van der Waals surface area contributed by atoms with Crippen LogP contribution in [0.25, 0.3) is 0 Å². The normalized spacial score (nSPS) is 32.0. The standard InChI is InChI=1S/C15H27N3O3.HI/c16-14(18-5-9-21-10-6-18)17-11-12-1-2-15(13(12)19)3-7-20-8-4-15;/h12-13,19H,1-11H2,(H2,16,17);1H. The third-order valence-electron chi connectivity index (χ3n) is 5.40. The maximum Gasteiger partial charge on any atom is 0.191 e. The molecular formula is C15H28IN3O3. The first-order chi connectivity index (χ1) is 10.2. The number of guanidine groups is 1. The van der Waals surface area contributed by atoms with Crippen molar-refractivity contribution in [3.05, 3.63) is 0 Å². The minimum absolute atomic E-state index is 0. The zero-order chi connectivity index (χ0) is 14.7. The predicted molar refractivity (Wildman–Crippen MR) is 95.5 cm³/mol. The van der Waals surface area contributed by atoms with Crippen LogP contribution in [0.15, 0.2) is 4.99 Å². The quantitative estimate of drug-likeness (QED) is 0.389. The van der Waals surface area contributed by atoms with Crippen molar-refractivity contribution in [1.82, 2.24) is 4.90 Å². The van der Waals surface area contributed by atoms with E-state index in [2.05, 4.69) is 9.89 Å². The predicted octanol–water partition coefficient (Wildman–Crippen LogP) is 0.819. The van der Waals surface area contributed by atoms with Crippen molar-refractivity contribution < 1.29 is 14.6 Å². The Hall–Kier alpha value is -0.120. The highest BCUT2D eigenvalue weighted by Gasteiger charge is 2.47. The van der Waals surface area contributed by atoms with Gasteiger partial charge in [0.1, 0.15) is 0 Å². The molecular weight excluding hydrogens is 397 g/mol. The van der Waals surface area contributed by atoms with Crippen LogP contribution in [-0.4, -0.2) is 68.1 Å². The van der Waals surface area contributed by atoms with Crippen LogP contribution in [0.3, 0.4) is 0 Å². The number of aliphatic imine (C=N–C) groups is 1. The van der Waals surface area contributed by atoms with E-state index in [0.717, 1.165) is 52.0 Å². The van der Waals surface area contributed by atoms with E-state index in [1.807, 2.05) is 0 Å². The number of nitrogens with two attached hydrogens (primary N) is 1. The lowest BCUT2D eigenvalue weighted by Gasteiger charge is -2.37. The van der Waals surface area contributed by atoms with Crippen LogP contribution < -0.4 is 5.73 Å². The molecule has 0 radical (unpaired) electrons. The minimum atomic E-state index is -0.261. The molecule has 3 rings (SSSR count). The maximum atomic E-state index is 10.7. The average Bonchev–Trinajstić information content (AvgIpc) is 2.83. The van der Waals surface area contributed by atoms with Crippen LogP contribution in [0.4, 0.5) is 0 Å². The molecule has 1 saturated carbocycles. The van der Waals surface area contributed by atoms with Crippen molar-refractivity contribution in [3.8, 4) is 0 Å². The first-order valence-corrected chi connectivity index (χ1v) is 8.10. The summed E-state index contributed by atoms with van der Waals surface area (Å²) in [7, 11) is 0. The molecule has 0 aromatic rings. The second-order valence-electron chi connectivity index (χ2n) is 6.52. The van der Waals surface area contributed by atoms with Gasteiger partial charge in [0.2, 0.25) is 0 Å². The van der Waals surface area contributed by atoms with Crippen LogP contribution in [0, 0.1) is 11.3 Å². The van der Waals surface area contributed by atoms with Gasteiger partial charge in [0.25, 0.3) is 0 Å². The zero-order valence-corrected chi connectivity index (χ0v) is 15.4. The molecule has 6 nitrogen and oxygen atoms in total. The summed E-state index contributed by atoms with van der Waals surface area (Å²) in [6.45, 7) is 5.24. The largest absolute Gasteiger partial charge is 0.392 e. The number of nitrogens with zero attached hydrogens (tertiary/aromatic N) is 2. The summed E-state index contributed by atoms with van der Waals surface area (Å²) in [5, 5.41) is 10.7. The Bertz CT molecular complexity index is 382. The van der Waals surface area contributed by atoms with E-state index in [4.69, 9.17) is 15.2 Å². The number of hydrogen-bond acceptors (Lipinski definition) is 4. The van der Waals surface area contributed by atoms with Gasteiger partial charge in [-0.05, 0) is 25.7 Å². The summed E-state index contributed by atoms with van der Waals surface area (Å²) in [5.41, 5.74) is 6.14. The highest BCUT2D eigenvalue weighted by atomic mass is 127. The lowest BCUT2D eigenvalue weighted by atomic mass is 9.76. The number of ether oxygens (including phenoxy) is 2. The van der Waals surface area contributed by atoms with Gasteiger partial charge in [0, 0.05) is 44.2 Å². The molecule has 128 valence electrons. The van der Waals surface area contributed by atoms with Gasteiger partial charge in [-0.3, -0.25) is 4.99 Å². The van der Waals surface area contributed by atoms with Crippen molar-refractivity contribution >= 4 is 29.9 Å². The molecule has 1 aliphatic carbocycles. The number of aliphatic hydroxyl groups is 1. The summed E-state index contributed by atoms with van der Waals surface area (Å²) in [6.07, 6.45) is 3.83. The van der Waals surface area contributed by atoms with Crippen molar-refractivity contribution in [1.29, 1.82) is 0 Å². The van der Waals surface area contributed by atoms with Gasteiger partial charge in [0.15, 0.2) is 5.96 Å². The SMILES string of the molecule is I.NC(=NCC1CCC2(CCOCC2)C1O)N1CCOCC1. The van der Waals surface area contributed by atoms with Gasteiger partial charge in [-0.1, -0.05) is 0 Å². The van der Waals surface area contributed by atoms with Gasteiger partial charge in [-0.15, -0.1) is 24.0 Å². The molecule has 0 bridgehead atoms. The van der Waals surface area contributed by atoms with E-state index in [-0.39, 0.29) is 41.4 Å². The molecule has 0 amide bonds. The van der Waals surface area contributed by atoms with Crippen molar-refractivity contribution in [2.24, 2.45) is 22.1 Å². The molecule has 3 aliphatic rings. The molecule has 2 saturated heterocycles. The second-order valence-corrected chi connectivity index (χ2v) is 6.52. The molecule has 2 aliphatic heterocycles. The molecule has 3 fully saturated rings. The molecule has 2 unspecified atom stereocenters. The lowest BCUT2D eigenvalue weighted by molar-refractivity contribution is -0.0549. The van der Waals surface area contributed by atoms with Gasteiger partial charge < -0.3 is 25.2 Å². The smallest absolute Gasteiger partial charge is 0.191 e. The van der Waals surface area contributed by atoms with Crippen molar-refractivity contribution in [2.45, 2.75) is 31.8 Å². The van der Waals surface area contributed by atoms with E-state index >= 15 is 0 Å². The highest BCUT2D eigenvalue weighted by molar-refractivity contribution is 14.0. The van der Waals surface area contributed by atoms with Crippen LogP contribution in [0.2, 0.25) is 0 Å². The van der Waals surface area contributed by atoms with Crippen molar-refractivity contribution in [2.75, 3.05) is 46.1 Å². The third-order valence-corrected chi connectivity index (χ3v) is 5.40. The summed E-state index contributed by atoms with van der Waals surface area (Å²) < 4.78 is 10.8. The summed E-state index contributed by atoms with van der Waals surface area (Å²) in [6, 6.07) is 0. The van der Waals surface area contributed by atoms with E-state index in [0.29, 0.717) is 25.7 Å². The van der Waals surface area contributed by atoms with Crippen LogP contribution in [-0.2, 0) is 9.47 Å². The van der Waals surface area contributed by atoms with E-state index < -0.39 is 0 Å². The first kappa shape index (κ1) is 18.2. The summed E-state index contributed by atoms with van der Waals surface area (Å²) >= 11 is 0. The third kappa shape index (κ3) is 3.85. The molecule has 7 heteroatoms. The van der Waals surface area contributed by atoms with Gasteiger partial charge in [-0.2, -0.15) is 0 Å². The fourth-order valence-electron chi connectivity index (χ4n) is 3.90. The van der Waals surface area contributed by atoms with Crippen LogP contribution in [0.5, 0.6) is 0 Å². The van der Waals surface area contributed by atoms with Crippen LogP contribution in [0.1, 0.15) is 25.7 Å². The monoisotopic (exact) mass is 425 g/mol. The fraction of sp³-hybridized carbons (Fsp3) is 0.933. The Morgan fingerprint density at radius 1 is 1.14 bits per heavy atom. The number of hydrogen-bond donors (Lipinski definition) is 2. The Labute approximate surface area is 149 Å². The van der Waals surface area contributed by atoms with Gasteiger partial charge >= 0.3 is 0 Å². The van der Waals surface area contributed by atoms with E-state index in [1.54, 1.807) is 0 Å². The van der Waals surface area contributed by atoms with Crippen LogP contribution >= 0.6 is 24.0 Å². The average molecular weight is 425 g/mol. The number of morpholine rings is 1. The molecule has 1 spiro atoms. The first-order valence-electron chi connectivity index (χ1n) is 8.10. The maximum absolute atomic E-state index is 10.7. The molecule has 0 aromatic heterocycles. The number of aliphatic hydroxyl groups excluding tert-OH is 1. The Kier molecular flexibility index (Phi) is 6.73. The summed E-state index contributed by atoms with van der Waals surface area (Å²) in [4.78, 5) is 6.60. The van der Waals surface area contributed by atoms with Crippen molar-refractivity contribution in [3.63, 3.8) is 0 Å². The fourth-order valence-corrected chi connectivity index (χ4v) is 3.90. The number of rotatable bonds is 2. The molecule has 2 heterocycles. The highest BCUT2D eigenvalue weighted by Crippen LogP contribution is 2.48.